The fraction of sp³-hybridized carbons (Fsp3) is 0.343. The molecule has 4 rings (SSSR count). The number of H-pyrrole nitrogens is 2. The summed E-state index contributed by atoms with van der Waals surface area (Å²) >= 11 is 0. The number of rotatable bonds is 12. The summed E-state index contributed by atoms with van der Waals surface area (Å²) in [6.07, 6.45) is 7.95. The van der Waals surface area contributed by atoms with Crippen molar-refractivity contribution in [2.45, 2.75) is 60.3 Å². The van der Waals surface area contributed by atoms with Crippen LogP contribution in [-0.4, -0.2) is 61.2 Å². The lowest BCUT2D eigenvalue weighted by molar-refractivity contribution is -0.138. The van der Waals surface area contributed by atoms with E-state index in [2.05, 4.69) is 42.0 Å². The molecular weight excluding hydrogens is 572 g/mol. The summed E-state index contributed by atoms with van der Waals surface area (Å²) in [5, 5.41) is 30.9. The highest BCUT2D eigenvalue weighted by atomic mass is 16.4. The second-order valence-electron chi connectivity index (χ2n) is 11.5. The summed E-state index contributed by atoms with van der Waals surface area (Å²) in [5.74, 6) is -4.07. The number of hydrogen-bond acceptors (Lipinski definition) is 5. The number of aromatic nitrogens is 2. The molecule has 0 saturated heterocycles. The highest BCUT2D eigenvalue weighted by Gasteiger charge is 2.37. The monoisotopic (exact) mass is 612 g/mol. The molecule has 2 unspecified atom stereocenters. The van der Waals surface area contributed by atoms with E-state index in [1.807, 2.05) is 32.1 Å². The van der Waals surface area contributed by atoms with Gasteiger partial charge in [-0.15, -0.1) is 0 Å². The third kappa shape index (κ3) is 6.45. The molecule has 2 aromatic rings. The van der Waals surface area contributed by atoms with Crippen molar-refractivity contribution in [3.8, 4) is 0 Å². The van der Waals surface area contributed by atoms with Gasteiger partial charge in [-0.25, -0.2) is 4.79 Å². The van der Waals surface area contributed by atoms with Gasteiger partial charge in [-0.2, -0.15) is 0 Å². The van der Waals surface area contributed by atoms with Crippen LogP contribution in [0.1, 0.15) is 73.7 Å². The molecule has 5 N–H and O–H groups in total. The first kappa shape index (κ1) is 32.9. The molecule has 2 aliphatic heterocycles. The van der Waals surface area contributed by atoms with E-state index in [9.17, 15) is 29.7 Å². The third-order valence-corrected chi connectivity index (χ3v) is 8.78. The van der Waals surface area contributed by atoms with Crippen molar-refractivity contribution >= 4 is 53.6 Å². The Balaban J connectivity index is 1.93. The van der Waals surface area contributed by atoms with Gasteiger partial charge in [-0.3, -0.25) is 19.6 Å². The molecule has 0 fully saturated rings. The normalized spacial score (nSPS) is 20.0. The van der Waals surface area contributed by atoms with Crippen LogP contribution in [0.2, 0.25) is 0 Å². The van der Waals surface area contributed by atoms with Crippen LogP contribution in [0.5, 0.6) is 0 Å². The molecule has 10 nitrogen and oxygen atoms in total. The second-order valence-corrected chi connectivity index (χ2v) is 11.5. The van der Waals surface area contributed by atoms with Gasteiger partial charge < -0.3 is 25.3 Å². The number of carbonyl (C=O) groups is 3. The lowest BCUT2D eigenvalue weighted by Gasteiger charge is -2.19. The molecule has 0 radical (unpaired) electrons. The van der Waals surface area contributed by atoms with Crippen LogP contribution in [0.3, 0.4) is 0 Å². The van der Waals surface area contributed by atoms with Crippen molar-refractivity contribution in [3.05, 3.63) is 79.9 Å². The van der Waals surface area contributed by atoms with Gasteiger partial charge in [0.05, 0.1) is 29.9 Å². The minimum absolute atomic E-state index is 0.0301. The highest BCUT2D eigenvalue weighted by Crippen LogP contribution is 2.39. The second kappa shape index (κ2) is 13.3. The topological polar surface area (TPSA) is 168 Å². The predicted octanol–water partition coefficient (Wildman–Crippen LogP) is 4.57. The average molecular weight is 613 g/mol. The first-order valence-electron chi connectivity index (χ1n) is 14.9. The molecule has 0 spiro atoms. The number of hydrogen-bond donors (Lipinski definition) is 5. The van der Waals surface area contributed by atoms with E-state index >= 15 is 0 Å². The van der Waals surface area contributed by atoms with Crippen LogP contribution in [0.25, 0.3) is 24.3 Å². The summed E-state index contributed by atoms with van der Waals surface area (Å²) in [4.78, 5) is 52.0. The molecule has 2 aromatic heterocycles. The number of carboxylic acid groups (broad SMARTS) is 3. The van der Waals surface area contributed by atoms with Crippen LogP contribution in [0.15, 0.2) is 45.6 Å². The van der Waals surface area contributed by atoms with E-state index in [0.717, 1.165) is 45.2 Å². The standard InChI is InChI=1S/C35H40N4O6/c1-8-21-18(5)27(37-25(21)10-3)15-29-22(9-2)19(6)26(38-29)14-28-20(7)23(11-12-30(40)41)33(39-28)24(13-31(42)43)34-32(35(44)45)17(4)16-36-34/h9-10,14-15,20,23,37-38H,2-3,8,11-13,16H2,1,4-7H3,(H,40,41)(H,42,43)(H,44,45). The van der Waals surface area contributed by atoms with Crippen LogP contribution >= 0.6 is 0 Å². The SMILES string of the molecule is C=Cc1[nH]c(C=c2[nH]c(=CC3=NC(=C(CC(=O)O)C4=NCC(C)=C4C(=O)O)C(CCC(=O)O)C3C)c(C)c2C=C)c(C)c1CC. The van der Waals surface area contributed by atoms with Crippen molar-refractivity contribution in [1.29, 1.82) is 0 Å². The number of allylic oxidation sites excluding steroid dienone is 1. The Kier molecular flexibility index (Phi) is 9.75. The summed E-state index contributed by atoms with van der Waals surface area (Å²) in [5.41, 5.74) is 7.93. The number of aliphatic carboxylic acids is 3. The summed E-state index contributed by atoms with van der Waals surface area (Å²) < 4.78 is 0. The van der Waals surface area contributed by atoms with E-state index in [-0.39, 0.29) is 42.2 Å². The van der Waals surface area contributed by atoms with Crippen molar-refractivity contribution in [3.63, 3.8) is 0 Å². The number of carboxylic acids is 3. The Labute approximate surface area is 261 Å². The van der Waals surface area contributed by atoms with Gasteiger partial charge in [-0.1, -0.05) is 33.1 Å². The average Bonchev–Trinajstić information content (AvgIpc) is 3.69. The molecule has 0 aromatic carbocycles. The first-order chi connectivity index (χ1) is 21.3. The quantitative estimate of drug-likeness (QED) is 0.235. The minimum Gasteiger partial charge on any atom is -0.481 e. The van der Waals surface area contributed by atoms with Crippen LogP contribution in [-0.2, 0) is 20.8 Å². The number of aliphatic imine (C=N–C) groups is 2. The predicted molar refractivity (Wildman–Crippen MR) is 177 cm³/mol. The molecule has 2 atom stereocenters. The zero-order valence-corrected chi connectivity index (χ0v) is 26.4. The number of aromatic amines is 2. The number of nitrogens with one attached hydrogen (secondary N) is 2. The molecule has 4 heterocycles. The Morgan fingerprint density at radius 2 is 1.67 bits per heavy atom. The molecule has 0 aliphatic carbocycles. The van der Waals surface area contributed by atoms with Gasteiger partial charge in [0, 0.05) is 57.2 Å². The molecule has 236 valence electrons. The molecule has 0 saturated carbocycles. The molecule has 0 bridgehead atoms. The van der Waals surface area contributed by atoms with Crippen molar-refractivity contribution in [1.82, 2.24) is 9.97 Å². The van der Waals surface area contributed by atoms with Gasteiger partial charge in [0.2, 0.25) is 0 Å². The van der Waals surface area contributed by atoms with E-state index in [1.165, 1.54) is 5.56 Å². The van der Waals surface area contributed by atoms with E-state index < -0.39 is 30.2 Å². The van der Waals surface area contributed by atoms with E-state index in [0.29, 0.717) is 17.0 Å². The van der Waals surface area contributed by atoms with Gasteiger partial charge in [0.25, 0.3) is 0 Å². The molecule has 2 aliphatic rings. The molecule has 10 heteroatoms. The number of nitrogens with zero attached hydrogens (tertiary/aromatic N) is 2. The zero-order chi connectivity index (χ0) is 33.2. The first-order valence-corrected chi connectivity index (χ1v) is 14.9. The van der Waals surface area contributed by atoms with Gasteiger partial charge in [-0.05, 0) is 74.1 Å². The minimum atomic E-state index is -1.19. The van der Waals surface area contributed by atoms with Gasteiger partial charge >= 0.3 is 17.9 Å². The smallest absolute Gasteiger partial charge is 0.337 e. The summed E-state index contributed by atoms with van der Waals surface area (Å²) in [6.45, 7) is 17.8. The third-order valence-electron chi connectivity index (χ3n) is 8.78. The molecular formula is C35H40N4O6. The lowest BCUT2D eigenvalue weighted by atomic mass is 9.83. The fourth-order valence-electron chi connectivity index (χ4n) is 6.34. The van der Waals surface area contributed by atoms with Crippen molar-refractivity contribution in [2.24, 2.45) is 21.8 Å². The maximum absolute atomic E-state index is 12.1. The maximum atomic E-state index is 12.1. The van der Waals surface area contributed by atoms with E-state index in [4.69, 9.17) is 4.99 Å². The Morgan fingerprint density at radius 1 is 0.956 bits per heavy atom. The Hall–Kier alpha value is -4.99. The Morgan fingerprint density at radius 3 is 2.22 bits per heavy atom. The van der Waals surface area contributed by atoms with Crippen molar-refractivity contribution < 1.29 is 29.7 Å². The van der Waals surface area contributed by atoms with Gasteiger partial charge in [0.1, 0.15) is 0 Å². The molecule has 0 amide bonds. The lowest BCUT2D eigenvalue weighted by Crippen LogP contribution is -2.21. The van der Waals surface area contributed by atoms with Gasteiger partial charge in [0.15, 0.2) is 0 Å². The highest BCUT2D eigenvalue weighted by molar-refractivity contribution is 6.29. The fourth-order valence-corrected chi connectivity index (χ4v) is 6.34. The van der Waals surface area contributed by atoms with Crippen LogP contribution in [0.4, 0.5) is 0 Å². The Bertz CT molecular complexity index is 1860. The van der Waals surface area contributed by atoms with Crippen LogP contribution < -0.4 is 10.7 Å². The summed E-state index contributed by atoms with van der Waals surface area (Å²) in [6, 6.07) is 0. The maximum Gasteiger partial charge on any atom is 0.337 e. The van der Waals surface area contributed by atoms with Crippen molar-refractivity contribution in [2.75, 3.05) is 6.54 Å². The summed E-state index contributed by atoms with van der Waals surface area (Å²) in [7, 11) is 0. The van der Waals surface area contributed by atoms with Crippen LogP contribution in [0, 0.1) is 25.7 Å². The largest absolute Gasteiger partial charge is 0.481 e. The molecule has 45 heavy (non-hydrogen) atoms. The van der Waals surface area contributed by atoms with E-state index in [1.54, 1.807) is 13.0 Å². The zero-order valence-electron chi connectivity index (χ0n) is 26.4.